The maximum absolute atomic E-state index is 13.9. The average Bonchev–Trinajstić information content (AvgIpc) is 3.13. The zero-order valence-electron chi connectivity index (χ0n) is 16.5. The molecule has 3 rings (SSSR count). The Labute approximate surface area is 175 Å². The summed E-state index contributed by atoms with van der Waals surface area (Å²) < 4.78 is 54.6. The molecule has 0 aliphatic carbocycles. The van der Waals surface area contributed by atoms with Crippen molar-refractivity contribution in [3.63, 3.8) is 0 Å². The van der Waals surface area contributed by atoms with E-state index >= 15 is 0 Å². The number of para-hydroxylation sites is 1. The van der Waals surface area contributed by atoms with E-state index in [-0.39, 0.29) is 31.0 Å². The summed E-state index contributed by atoms with van der Waals surface area (Å²) in [4.78, 5) is 12.2. The Morgan fingerprint density at radius 3 is 2.55 bits per heavy atom. The van der Waals surface area contributed by atoms with E-state index in [1.807, 2.05) is 0 Å². The van der Waals surface area contributed by atoms with Gasteiger partial charge in [0.05, 0.1) is 17.9 Å². The van der Waals surface area contributed by atoms with E-state index in [4.69, 9.17) is 5.11 Å². The maximum Gasteiger partial charge on any atom is 0.435 e. The number of rotatable bonds is 6. The standard InChI is InChI=1S/C21H20F4N4O2/c1-13-4-2-3-5-18(13)29-16(11-19(28-29)21(23,24)25)12-26-20(31)27-15-7-6-14(8-9-30)17(22)10-15/h2-7,10-11,30H,8-9,12H2,1H3,(H2,26,27,31). The van der Waals surface area contributed by atoms with E-state index in [0.29, 0.717) is 16.8 Å². The van der Waals surface area contributed by atoms with Gasteiger partial charge in [-0.15, -0.1) is 0 Å². The number of nitrogens with one attached hydrogen (secondary N) is 2. The molecule has 2 aromatic carbocycles. The smallest absolute Gasteiger partial charge is 0.396 e. The topological polar surface area (TPSA) is 79.2 Å². The second kappa shape index (κ2) is 9.17. The van der Waals surface area contributed by atoms with Gasteiger partial charge < -0.3 is 15.7 Å². The molecule has 1 heterocycles. The Bertz CT molecular complexity index is 1080. The van der Waals surface area contributed by atoms with Crippen LogP contribution in [0.5, 0.6) is 0 Å². The number of carbonyl (C=O) groups excluding carboxylic acids is 1. The maximum atomic E-state index is 13.9. The third-order valence-corrected chi connectivity index (χ3v) is 4.54. The molecule has 0 aliphatic heterocycles. The van der Waals surface area contributed by atoms with Gasteiger partial charge >= 0.3 is 12.2 Å². The van der Waals surface area contributed by atoms with Crippen molar-refractivity contribution in [3.05, 3.63) is 76.9 Å². The molecular weight excluding hydrogens is 416 g/mol. The van der Waals surface area contributed by atoms with Crippen LogP contribution >= 0.6 is 0 Å². The summed E-state index contributed by atoms with van der Waals surface area (Å²) in [5.74, 6) is -0.584. The van der Waals surface area contributed by atoms with Crippen LogP contribution in [0, 0.1) is 12.7 Å². The summed E-state index contributed by atoms with van der Waals surface area (Å²) in [5.41, 5.74) is 0.686. The van der Waals surface area contributed by atoms with E-state index in [0.717, 1.165) is 16.8 Å². The summed E-state index contributed by atoms with van der Waals surface area (Å²) in [6.45, 7) is 1.29. The van der Waals surface area contributed by atoms with Crippen molar-refractivity contribution in [1.29, 1.82) is 0 Å². The first-order valence-corrected chi connectivity index (χ1v) is 9.35. The number of amides is 2. The molecule has 6 nitrogen and oxygen atoms in total. The first kappa shape index (κ1) is 22.3. The molecule has 3 aromatic rings. The summed E-state index contributed by atoms with van der Waals surface area (Å²) in [7, 11) is 0. The zero-order chi connectivity index (χ0) is 22.6. The number of aromatic nitrogens is 2. The van der Waals surface area contributed by atoms with Crippen LogP contribution in [0.3, 0.4) is 0 Å². The fourth-order valence-corrected chi connectivity index (χ4v) is 2.99. The van der Waals surface area contributed by atoms with E-state index < -0.39 is 23.7 Å². The largest absolute Gasteiger partial charge is 0.435 e. The molecule has 0 aliphatic rings. The van der Waals surface area contributed by atoms with Gasteiger partial charge in [-0.3, -0.25) is 0 Å². The van der Waals surface area contributed by atoms with Gasteiger partial charge in [0, 0.05) is 12.3 Å². The molecule has 0 saturated carbocycles. The van der Waals surface area contributed by atoms with Crippen molar-refractivity contribution in [3.8, 4) is 5.69 Å². The van der Waals surface area contributed by atoms with Gasteiger partial charge in [0.15, 0.2) is 5.69 Å². The number of aryl methyl sites for hydroxylation is 1. The molecule has 2 amide bonds. The van der Waals surface area contributed by atoms with Crippen molar-refractivity contribution >= 4 is 11.7 Å². The predicted octanol–water partition coefficient (Wildman–Crippen LogP) is 4.20. The van der Waals surface area contributed by atoms with Crippen LogP contribution in [0.1, 0.15) is 22.5 Å². The number of hydrogen-bond donors (Lipinski definition) is 3. The van der Waals surface area contributed by atoms with Gasteiger partial charge in [0.2, 0.25) is 0 Å². The predicted molar refractivity (Wildman–Crippen MR) is 106 cm³/mol. The van der Waals surface area contributed by atoms with Crippen molar-refractivity contribution in [2.75, 3.05) is 11.9 Å². The SMILES string of the molecule is Cc1ccccc1-n1nc(C(F)(F)F)cc1CNC(=O)Nc1ccc(CCO)c(F)c1. The molecule has 164 valence electrons. The van der Waals surface area contributed by atoms with Crippen molar-refractivity contribution in [1.82, 2.24) is 15.1 Å². The Kier molecular flexibility index (Phi) is 6.59. The van der Waals surface area contributed by atoms with Crippen molar-refractivity contribution in [2.45, 2.75) is 26.1 Å². The number of aliphatic hydroxyl groups is 1. The third kappa shape index (κ3) is 5.40. The van der Waals surface area contributed by atoms with Crippen LogP contribution in [0.2, 0.25) is 0 Å². The first-order chi connectivity index (χ1) is 14.7. The molecule has 1 aromatic heterocycles. The van der Waals surface area contributed by atoms with E-state index in [2.05, 4.69) is 15.7 Å². The lowest BCUT2D eigenvalue weighted by molar-refractivity contribution is -0.141. The molecule has 0 atom stereocenters. The lowest BCUT2D eigenvalue weighted by Gasteiger charge is -2.12. The number of hydrogen-bond acceptors (Lipinski definition) is 3. The number of alkyl halides is 3. The van der Waals surface area contributed by atoms with Crippen LogP contribution < -0.4 is 10.6 Å². The molecule has 0 unspecified atom stereocenters. The number of anilines is 1. The lowest BCUT2D eigenvalue weighted by Crippen LogP contribution is -2.29. The average molecular weight is 436 g/mol. The molecule has 0 radical (unpaired) electrons. The minimum absolute atomic E-state index is 0.126. The quantitative estimate of drug-likeness (QED) is 0.507. The number of nitrogens with zero attached hydrogens (tertiary/aromatic N) is 2. The summed E-state index contributed by atoms with van der Waals surface area (Å²) in [5, 5.41) is 17.4. The fourth-order valence-electron chi connectivity index (χ4n) is 2.99. The summed E-state index contributed by atoms with van der Waals surface area (Å²) >= 11 is 0. The summed E-state index contributed by atoms with van der Waals surface area (Å²) in [6.07, 6.45) is -4.50. The highest BCUT2D eigenvalue weighted by atomic mass is 19.4. The Morgan fingerprint density at radius 1 is 1.16 bits per heavy atom. The number of benzene rings is 2. The van der Waals surface area contributed by atoms with Gasteiger partial charge in [-0.2, -0.15) is 18.3 Å². The molecule has 0 saturated heterocycles. The van der Waals surface area contributed by atoms with Crippen molar-refractivity contribution < 1.29 is 27.5 Å². The van der Waals surface area contributed by atoms with Crippen LogP contribution in [0.25, 0.3) is 5.69 Å². The highest BCUT2D eigenvalue weighted by molar-refractivity contribution is 5.89. The molecule has 0 spiro atoms. The monoisotopic (exact) mass is 436 g/mol. The number of halogens is 4. The lowest BCUT2D eigenvalue weighted by atomic mass is 10.1. The third-order valence-electron chi connectivity index (χ3n) is 4.54. The second-order valence-corrected chi connectivity index (χ2v) is 6.80. The molecule has 3 N–H and O–H groups in total. The van der Waals surface area contributed by atoms with Crippen LogP contribution in [0.15, 0.2) is 48.5 Å². The Balaban J connectivity index is 1.76. The van der Waals surface area contributed by atoms with Crippen molar-refractivity contribution in [2.24, 2.45) is 0 Å². The molecular formula is C21H20F4N4O2. The first-order valence-electron chi connectivity index (χ1n) is 9.35. The summed E-state index contributed by atoms with van der Waals surface area (Å²) in [6, 6.07) is 10.9. The fraction of sp³-hybridized carbons (Fsp3) is 0.238. The van der Waals surface area contributed by atoms with Gasteiger partial charge in [-0.25, -0.2) is 13.9 Å². The molecule has 0 fully saturated rings. The number of carbonyl (C=O) groups is 1. The minimum Gasteiger partial charge on any atom is -0.396 e. The zero-order valence-corrected chi connectivity index (χ0v) is 16.5. The van der Waals surface area contributed by atoms with Crippen LogP contribution in [-0.2, 0) is 19.1 Å². The van der Waals surface area contributed by atoms with Gasteiger partial charge in [0.25, 0.3) is 0 Å². The molecule has 31 heavy (non-hydrogen) atoms. The number of aliphatic hydroxyl groups excluding tert-OH is 1. The van der Waals surface area contributed by atoms with Gasteiger partial charge in [-0.1, -0.05) is 24.3 Å². The minimum atomic E-state index is -4.64. The molecule has 0 bridgehead atoms. The number of urea groups is 1. The highest BCUT2D eigenvalue weighted by Crippen LogP contribution is 2.30. The Hall–Kier alpha value is -3.40. The van der Waals surface area contributed by atoms with E-state index in [9.17, 15) is 22.4 Å². The normalized spacial score (nSPS) is 11.4. The van der Waals surface area contributed by atoms with E-state index in [1.165, 1.54) is 12.1 Å². The van der Waals surface area contributed by atoms with Gasteiger partial charge in [-0.05, 0) is 48.7 Å². The van der Waals surface area contributed by atoms with E-state index in [1.54, 1.807) is 31.2 Å². The molecule has 10 heteroatoms. The van der Waals surface area contributed by atoms with Gasteiger partial charge in [0.1, 0.15) is 5.82 Å². The van der Waals surface area contributed by atoms with Crippen LogP contribution in [-0.4, -0.2) is 27.5 Å². The highest BCUT2D eigenvalue weighted by Gasteiger charge is 2.35. The Morgan fingerprint density at radius 2 is 1.90 bits per heavy atom. The van der Waals surface area contributed by atoms with Crippen LogP contribution in [0.4, 0.5) is 28.0 Å². The second-order valence-electron chi connectivity index (χ2n) is 6.80.